The number of hydrogen-bond donors (Lipinski definition) is 2. The van der Waals surface area contributed by atoms with Crippen LogP contribution < -0.4 is 14.7 Å². The zero-order chi connectivity index (χ0) is 36.4. The number of fused-ring (bicyclic) bond motifs is 2. The first-order chi connectivity index (χ1) is 23.7. The summed E-state index contributed by atoms with van der Waals surface area (Å²) >= 11 is 0. The average molecular weight is 695 g/mol. The van der Waals surface area contributed by atoms with Crippen LogP contribution in [0.15, 0.2) is 94.4 Å². The van der Waals surface area contributed by atoms with Gasteiger partial charge in [-0.3, -0.25) is 4.79 Å². The fourth-order valence-electron chi connectivity index (χ4n) is 7.32. The molecule has 0 aromatic heterocycles. The van der Waals surface area contributed by atoms with Gasteiger partial charge in [-0.25, -0.2) is 4.52 Å². The minimum atomic E-state index is -4.11. The largest absolute Gasteiger partial charge is 0.659 e. The van der Waals surface area contributed by atoms with Crippen LogP contribution in [0, 0.1) is 22.7 Å². The van der Waals surface area contributed by atoms with Gasteiger partial charge in [0.1, 0.15) is 30.0 Å². The molecule has 50 heavy (non-hydrogen) atoms. The molecule has 2 aromatic carbocycles. The molecule has 3 aliphatic rings. The minimum absolute atomic E-state index is 0.0454. The van der Waals surface area contributed by atoms with E-state index in [0.717, 1.165) is 41.1 Å². The Morgan fingerprint density at radius 3 is 2.30 bits per heavy atom. The Hall–Kier alpha value is -4.57. The Bertz CT molecular complexity index is 1940. The number of unbranched alkanes of at least 4 members (excludes halogenated alkanes) is 2. The van der Waals surface area contributed by atoms with Gasteiger partial charge in [0.15, 0.2) is 5.71 Å². The number of anilines is 1. The highest BCUT2D eigenvalue weighted by atomic mass is 31.2. The van der Waals surface area contributed by atoms with Gasteiger partial charge in [0.25, 0.3) is 0 Å². The van der Waals surface area contributed by atoms with Gasteiger partial charge in [0.2, 0.25) is 5.69 Å². The van der Waals surface area contributed by atoms with Crippen LogP contribution in [0.25, 0.3) is 0 Å². The van der Waals surface area contributed by atoms with Crippen molar-refractivity contribution >= 4 is 31.0 Å². The van der Waals surface area contributed by atoms with Crippen molar-refractivity contribution in [3.8, 4) is 12.1 Å². The molecule has 0 radical (unpaired) electrons. The summed E-state index contributed by atoms with van der Waals surface area (Å²) in [4.78, 5) is 38.2. The van der Waals surface area contributed by atoms with E-state index < -0.39 is 24.7 Å². The minimum Gasteiger partial charge on any atom is -0.659 e. The molecule has 11 heteroatoms. The van der Waals surface area contributed by atoms with Crippen LogP contribution in [0.2, 0.25) is 0 Å². The number of hydrogen-bond acceptors (Lipinski definition) is 8. The van der Waals surface area contributed by atoms with Crippen LogP contribution in [-0.4, -0.2) is 52.3 Å². The number of rotatable bonds is 13. The van der Waals surface area contributed by atoms with E-state index in [9.17, 15) is 30.2 Å². The number of carboxylic acids is 1. The number of aliphatic hydroxyl groups excluding tert-OH is 1. The van der Waals surface area contributed by atoms with Gasteiger partial charge in [-0.15, -0.1) is 0 Å². The zero-order valence-electron chi connectivity index (χ0n) is 29.2. The molecule has 0 spiro atoms. The van der Waals surface area contributed by atoms with E-state index in [1.165, 1.54) is 0 Å². The number of nitrogens with zero attached hydrogens (tertiary/aromatic N) is 4. The maximum absolute atomic E-state index is 12.6. The summed E-state index contributed by atoms with van der Waals surface area (Å²) in [5, 5.41) is 41.0. The smallest absolute Gasteiger partial charge is 0.303 e. The Labute approximate surface area is 294 Å². The van der Waals surface area contributed by atoms with Gasteiger partial charge in [-0.05, 0) is 51.3 Å². The lowest BCUT2D eigenvalue weighted by atomic mass is 9.74. The highest BCUT2D eigenvalue weighted by molar-refractivity contribution is 7.56. The van der Waals surface area contributed by atoms with Gasteiger partial charge in [0, 0.05) is 64.1 Å². The summed E-state index contributed by atoms with van der Waals surface area (Å²) in [7, 11) is -4.11. The first-order valence-electron chi connectivity index (χ1n) is 16.9. The molecule has 260 valence electrons. The number of carboxylic acid groups (broad SMARTS) is 1. The number of aliphatic hydroxyl groups is 1. The van der Waals surface area contributed by atoms with Crippen LogP contribution in [0.1, 0.15) is 71.4 Å². The lowest BCUT2D eigenvalue weighted by Crippen LogP contribution is -2.35. The van der Waals surface area contributed by atoms with Crippen LogP contribution in [-0.2, 0) is 20.1 Å². The molecular formula is C39H43N4O6P. The van der Waals surface area contributed by atoms with Crippen molar-refractivity contribution in [2.45, 2.75) is 71.1 Å². The predicted molar refractivity (Wildman–Crippen MR) is 190 cm³/mol. The third-order valence-corrected chi connectivity index (χ3v) is 11.3. The van der Waals surface area contributed by atoms with Crippen molar-refractivity contribution in [3.63, 3.8) is 0 Å². The normalized spacial score (nSPS) is 19.0. The van der Waals surface area contributed by atoms with Gasteiger partial charge >= 0.3 is 5.97 Å². The van der Waals surface area contributed by atoms with Crippen molar-refractivity contribution in [1.29, 1.82) is 10.5 Å². The second kappa shape index (κ2) is 14.3. The van der Waals surface area contributed by atoms with E-state index >= 15 is 0 Å². The van der Waals surface area contributed by atoms with Crippen LogP contribution >= 0.6 is 7.94 Å². The highest BCUT2D eigenvalue weighted by Gasteiger charge is 2.47. The van der Waals surface area contributed by atoms with Gasteiger partial charge < -0.3 is 24.9 Å². The fraction of sp³-hybridized carbons (Fsp3) is 0.385. The first-order valence-corrected chi connectivity index (χ1v) is 18.6. The number of carbonyl (C=O) groups is 1. The van der Waals surface area contributed by atoms with Crippen molar-refractivity contribution in [1.82, 2.24) is 0 Å². The molecule has 0 saturated carbocycles. The maximum Gasteiger partial charge on any atom is 0.303 e. The van der Waals surface area contributed by atoms with Crippen molar-refractivity contribution in [2.75, 3.05) is 30.8 Å². The van der Waals surface area contributed by atoms with Crippen LogP contribution in [0.3, 0.4) is 0 Å². The number of nitriles is 2. The molecule has 2 aliphatic heterocycles. The summed E-state index contributed by atoms with van der Waals surface area (Å²) < 4.78 is 7.21. The topological polar surface area (TPSA) is 167 Å². The predicted octanol–water partition coefficient (Wildman–Crippen LogP) is 6.01. The lowest BCUT2D eigenvalue weighted by Gasteiger charge is -2.36. The second-order valence-electron chi connectivity index (χ2n) is 13.8. The number of aliphatic carboxylic acids is 1. The average Bonchev–Trinajstić information content (AvgIpc) is 3.42. The molecule has 2 N–H and O–H groups in total. The Balaban J connectivity index is 1.63. The van der Waals surface area contributed by atoms with E-state index in [1.807, 2.05) is 79.4 Å². The van der Waals surface area contributed by atoms with Gasteiger partial charge in [-0.2, -0.15) is 15.1 Å². The van der Waals surface area contributed by atoms with Crippen molar-refractivity contribution < 1.29 is 33.9 Å². The molecule has 10 nitrogen and oxygen atoms in total. The van der Waals surface area contributed by atoms with Gasteiger partial charge in [-0.1, -0.05) is 50.2 Å². The number of benzene rings is 2. The molecule has 5 rings (SSSR count). The van der Waals surface area contributed by atoms with Crippen molar-refractivity contribution in [2.24, 2.45) is 0 Å². The molecule has 0 atom stereocenters. The number of para-hydroxylation sites is 2. The highest BCUT2D eigenvalue weighted by Crippen LogP contribution is 2.52. The first kappa shape index (κ1) is 36.7. The van der Waals surface area contributed by atoms with E-state index in [2.05, 4.69) is 24.5 Å². The third kappa shape index (κ3) is 6.77. The van der Waals surface area contributed by atoms with E-state index in [1.54, 1.807) is 13.0 Å². The molecule has 0 fully saturated rings. The molecule has 0 bridgehead atoms. The molecule has 2 aromatic rings. The monoisotopic (exact) mass is 694 g/mol. The summed E-state index contributed by atoms with van der Waals surface area (Å²) in [6.07, 6.45) is 5.57. The fourth-order valence-corrected chi connectivity index (χ4v) is 8.28. The molecule has 0 unspecified atom stereocenters. The van der Waals surface area contributed by atoms with Crippen LogP contribution in [0.4, 0.5) is 11.4 Å². The zero-order valence-corrected chi connectivity index (χ0v) is 30.1. The molecule has 2 heterocycles. The number of allylic oxidation sites excluding steroid dienone is 6. The Morgan fingerprint density at radius 2 is 1.64 bits per heavy atom. The molecule has 0 amide bonds. The standard InChI is InChI=1S/C39H43N4O6P/c1-6-49-50(47,48)21-20-43-32-17-12-10-15-30(32)39(4,5)34(43)23-28-36(26(24-40)25-41)27(37(28)46)22-33-38(2,3)29-14-9-11-16-31(29)42(33)19-13-7-8-18-35(44)45/h9-12,14-17,22-23H,6-8,13,18-21H2,1-5H3,(H2-,44,45,46,47,48). The Kier molecular flexibility index (Phi) is 10.5. The summed E-state index contributed by atoms with van der Waals surface area (Å²) in [6.45, 7) is 10.6. The van der Waals surface area contributed by atoms with E-state index in [4.69, 9.17) is 9.63 Å². The SMILES string of the molecule is CCO[P+]([O-])([O-])CCN1C(=CC2=C(O)C(=CC3=[N+](CCCCCC(=O)O)c4ccccc4C3(C)C)C2=C(C#N)C#N)C(C)(C)c2ccccc21. The second-order valence-corrected chi connectivity index (χ2v) is 15.7. The molecule has 0 saturated heterocycles. The third-order valence-electron chi connectivity index (χ3n) is 9.88. The summed E-state index contributed by atoms with van der Waals surface area (Å²) in [5.74, 6) is -0.881. The van der Waals surface area contributed by atoms with E-state index in [-0.39, 0.29) is 37.1 Å². The van der Waals surface area contributed by atoms with Crippen molar-refractivity contribution in [3.05, 3.63) is 106 Å². The van der Waals surface area contributed by atoms with Gasteiger partial charge in [0.05, 0.1) is 32.7 Å². The molecular weight excluding hydrogens is 651 g/mol. The van der Waals surface area contributed by atoms with E-state index in [0.29, 0.717) is 35.4 Å². The lowest BCUT2D eigenvalue weighted by molar-refractivity contribution is -0.438. The van der Waals surface area contributed by atoms with Crippen LogP contribution in [0.5, 0.6) is 0 Å². The quantitative estimate of drug-likeness (QED) is 0.111. The maximum atomic E-state index is 12.6. The summed E-state index contributed by atoms with van der Waals surface area (Å²) in [5.41, 5.74) is 5.33. The summed E-state index contributed by atoms with van der Waals surface area (Å²) in [6, 6.07) is 19.8. The molecule has 1 aliphatic carbocycles. The Morgan fingerprint density at radius 1 is 0.980 bits per heavy atom.